The SMILES string of the molecule is CCCC1=C(C(=O)OCC)[C@H](c2cc(Br)ccc2OC)n2c(s/c(=C/c3ccc(OCc4ccc(C#N)cc4)c(Br)c3)c2=O)=N1. The molecule has 230 valence electrons. The van der Waals surface area contributed by atoms with Crippen LogP contribution < -0.4 is 24.4 Å². The molecule has 0 aliphatic carbocycles. The van der Waals surface area contributed by atoms with Gasteiger partial charge in [0.25, 0.3) is 5.56 Å². The summed E-state index contributed by atoms with van der Waals surface area (Å²) in [5, 5.41) is 9.01. The van der Waals surface area contributed by atoms with Crippen molar-refractivity contribution in [1.82, 2.24) is 4.57 Å². The van der Waals surface area contributed by atoms with Gasteiger partial charge in [-0.05, 0) is 88.9 Å². The monoisotopic (exact) mass is 749 g/mol. The smallest absolute Gasteiger partial charge is 0.338 e. The number of carbonyl (C=O) groups is 1. The van der Waals surface area contributed by atoms with Crippen LogP contribution in [0.3, 0.4) is 0 Å². The third kappa shape index (κ3) is 6.98. The van der Waals surface area contributed by atoms with Crippen LogP contribution in [-0.4, -0.2) is 24.3 Å². The molecule has 4 aromatic rings. The Morgan fingerprint density at radius 3 is 2.51 bits per heavy atom. The van der Waals surface area contributed by atoms with Gasteiger partial charge in [-0.2, -0.15) is 5.26 Å². The van der Waals surface area contributed by atoms with Crippen LogP contribution in [0.5, 0.6) is 11.5 Å². The Morgan fingerprint density at radius 2 is 1.84 bits per heavy atom. The molecule has 0 unspecified atom stereocenters. The number of aromatic nitrogens is 1. The highest BCUT2D eigenvalue weighted by Crippen LogP contribution is 2.38. The van der Waals surface area contributed by atoms with Crippen LogP contribution in [0.2, 0.25) is 0 Å². The quantitative estimate of drug-likeness (QED) is 0.170. The number of ether oxygens (including phenoxy) is 3. The highest BCUT2D eigenvalue weighted by atomic mass is 79.9. The number of thiazole rings is 1. The predicted molar refractivity (Wildman–Crippen MR) is 180 cm³/mol. The van der Waals surface area contributed by atoms with Crippen molar-refractivity contribution in [3.63, 3.8) is 0 Å². The molecular weight excluding hydrogens is 722 g/mol. The minimum absolute atomic E-state index is 0.191. The zero-order valence-corrected chi connectivity index (χ0v) is 28.8. The van der Waals surface area contributed by atoms with Crippen LogP contribution in [-0.2, 0) is 16.1 Å². The Hall–Kier alpha value is -3.98. The maximum absolute atomic E-state index is 14.1. The van der Waals surface area contributed by atoms with Gasteiger partial charge in [0.2, 0.25) is 0 Å². The van der Waals surface area contributed by atoms with Crippen LogP contribution in [0, 0.1) is 11.3 Å². The molecule has 5 rings (SSSR count). The number of hydrogen-bond acceptors (Lipinski definition) is 8. The molecule has 8 nitrogen and oxygen atoms in total. The number of esters is 1. The first-order valence-corrected chi connectivity index (χ1v) is 16.6. The van der Waals surface area contributed by atoms with E-state index in [1.54, 1.807) is 36.8 Å². The summed E-state index contributed by atoms with van der Waals surface area (Å²) in [6.45, 7) is 4.30. The highest BCUT2D eigenvalue weighted by molar-refractivity contribution is 9.10. The summed E-state index contributed by atoms with van der Waals surface area (Å²) >= 11 is 8.41. The Labute approximate surface area is 281 Å². The van der Waals surface area contributed by atoms with E-state index in [1.165, 1.54) is 11.3 Å². The first kappa shape index (κ1) is 32.4. The molecule has 0 saturated heterocycles. The number of hydrogen-bond donors (Lipinski definition) is 0. The normalized spacial score (nSPS) is 14.4. The molecule has 2 heterocycles. The third-order valence-corrected chi connectivity index (χ3v) is 9.21. The Kier molecular flexibility index (Phi) is 10.4. The van der Waals surface area contributed by atoms with Crippen molar-refractivity contribution in [3.05, 3.63) is 123 Å². The molecule has 45 heavy (non-hydrogen) atoms. The van der Waals surface area contributed by atoms with E-state index in [4.69, 9.17) is 24.5 Å². The predicted octanol–water partition coefficient (Wildman–Crippen LogP) is 6.56. The molecule has 1 aliphatic rings. The van der Waals surface area contributed by atoms with E-state index >= 15 is 0 Å². The maximum Gasteiger partial charge on any atom is 0.338 e. The van der Waals surface area contributed by atoms with E-state index < -0.39 is 12.0 Å². The highest BCUT2D eigenvalue weighted by Gasteiger charge is 2.36. The average Bonchev–Trinajstić information content (AvgIpc) is 3.34. The number of methoxy groups -OCH3 is 1. The lowest BCUT2D eigenvalue weighted by atomic mass is 9.93. The maximum atomic E-state index is 14.1. The van der Waals surface area contributed by atoms with Crippen LogP contribution in [0.4, 0.5) is 0 Å². The molecule has 1 aromatic heterocycles. The second kappa shape index (κ2) is 14.4. The first-order valence-electron chi connectivity index (χ1n) is 14.2. The van der Waals surface area contributed by atoms with Crippen molar-refractivity contribution in [2.45, 2.75) is 39.3 Å². The van der Waals surface area contributed by atoms with Crippen LogP contribution in [0.25, 0.3) is 6.08 Å². The standard InChI is InChI=1S/C34H29Br2N3O5S/c1-4-6-26-30(33(41)43-5-2)31(24-17-23(35)12-14-27(24)42-3)39-32(40)29(45-34(39)38-26)16-22-11-13-28(25(36)15-22)44-19-21-9-7-20(18-37)8-10-21/h7-17,31H,4-6,19H2,1-3H3/b29-16+/t31-/m0/s1. The molecule has 11 heteroatoms. The zero-order chi connectivity index (χ0) is 32.1. The lowest BCUT2D eigenvalue weighted by Crippen LogP contribution is -2.40. The molecule has 0 saturated carbocycles. The zero-order valence-electron chi connectivity index (χ0n) is 24.8. The van der Waals surface area contributed by atoms with Gasteiger partial charge >= 0.3 is 5.97 Å². The van der Waals surface area contributed by atoms with Crippen molar-refractivity contribution in [1.29, 1.82) is 5.26 Å². The summed E-state index contributed by atoms with van der Waals surface area (Å²) < 4.78 is 20.7. The fraction of sp³-hybridized carbons (Fsp3) is 0.235. The van der Waals surface area contributed by atoms with E-state index in [1.807, 2.05) is 55.5 Å². The number of halogens is 2. The lowest BCUT2D eigenvalue weighted by Gasteiger charge is -2.27. The largest absolute Gasteiger partial charge is 0.496 e. The fourth-order valence-corrected chi connectivity index (χ4v) is 6.96. The Morgan fingerprint density at radius 1 is 1.09 bits per heavy atom. The Bertz CT molecular complexity index is 2010. The van der Waals surface area contributed by atoms with Crippen molar-refractivity contribution in [2.24, 2.45) is 4.99 Å². The number of carbonyl (C=O) groups excluding carboxylic acids is 1. The average molecular weight is 751 g/mol. The summed E-state index contributed by atoms with van der Waals surface area (Å²) in [5.74, 6) is 0.674. The van der Waals surface area contributed by atoms with E-state index in [9.17, 15) is 9.59 Å². The Balaban J connectivity index is 1.58. The fourth-order valence-electron chi connectivity index (χ4n) is 5.05. The number of fused-ring (bicyclic) bond motifs is 1. The molecule has 3 aromatic carbocycles. The van der Waals surface area contributed by atoms with Crippen LogP contribution in [0.15, 0.2) is 90.7 Å². The van der Waals surface area contributed by atoms with Crippen LogP contribution >= 0.6 is 43.2 Å². The number of benzene rings is 3. The van der Waals surface area contributed by atoms with E-state index in [2.05, 4.69) is 37.9 Å². The molecule has 0 amide bonds. The third-order valence-electron chi connectivity index (χ3n) is 7.11. The van der Waals surface area contributed by atoms with E-state index in [0.717, 1.165) is 26.5 Å². The van der Waals surface area contributed by atoms with Gasteiger partial charge < -0.3 is 14.2 Å². The minimum atomic E-state index is -0.791. The second-order valence-corrected chi connectivity index (χ2v) is 12.9. The summed E-state index contributed by atoms with van der Waals surface area (Å²) in [7, 11) is 1.56. The van der Waals surface area contributed by atoms with Crippen molar-refractivity contribution in [3.8, 4) is 17.6 Å². The van der Waals surface area contributed by atoms with Crippen LogP contribution in [0.1, 0.15) is 55.0 Å². The number of rotatable bonds is 10. The van der Waals surface area contributed by atoms with Crippen molar-refractivity contribution < 1.29 is 19.0 Å². The first-order chi connectivity index (χ1) is 21.8. The van der Waals surface area contributed by atoms with Gasteiger partial charge in [0, 0.05) is 10.0 Å². The van der Waals surface area contributed by atoms with E-state index in [0.29, 0.717) is 56.3 Å². The van der Waals surface area contributed by atoms with E-state index in [-0.39, 0.29) is 12.2 Å². The van der Waals surface area contributed by atoms with Crippen molar-refractivity contribution >= 4 is 55.2 Å². The van der Waals surface area contributed by atoms with Gasteiger partial charge in [-0.3, -0.25) is 9.36 Å². The van der Waals surface area contributed by atoms with Crippen molar-refractivity contribution in [2.75, 3.05) is 13.7 Å². The molecule has 0 fully saturated rings. The minimum Gasteiger partial charge on any atom is -0.496 e. The second-order valence-electron chi connectivity index (χ2n) is 10.1. The molecule has 0 spiro atoms. The molecule has 0 radical (unpaired) electrons. The number of allylic oxidation sites excluding steroid dienone is 1. The van der Waals surface area contributed by atoms with Gasteiger partial charge in [0.1, 0.15) is 24.1 Å². The summed E-state index contributed by atoms with van der Waals surface area (Å²) in [4.78, 5) is 32.9. The topological polar surface area (TPSA) is 103 Å². The summed E-state index contributed by atoms with van der Waals surface area (Å²) in [6.07, 6.45) is 3.11. The van der Waals surface area contributed by atoms with Gasteiger partial charge in [-0.25, -0.2) is 9.79 Å². The lowest BCUT2D eigenvalue weighted by molar-refractivity contribution is -0.139. The molecule has 0 N–H and O–H groups in total. The van der Waals surface area contributed by atoms with Gasteiger partial charge in [-0.15, -0.1) is 0 Å². The number of nitrogens with zero attached hydrogens (tertiary/aromatic N) is 3. The number of nitriles is 1. The van der Waals surface area contributed by atoms with Gasteiger partial charge in [0.05, 0.1) is 45.6 Å². The molecular formula is C34H29Br2N3O5S. The molecule has 1 aliphatic heterocycles. The molecule has 1 atom stereocenters. The van der Waals surface area contributed by atoms with Gasteiger partial charge in [0.15, 0.2) is 4.80 Å². The van der Waals surface area contributed by atoms with Gasteiger partial charge in [-0.1, -0.05) is 58.8 Å². The summed E-state index contributed by atoms with van der Waals surface area (Å²) in [6, 6.07) is 19.7. The molecule has 0 bridgehead atoms. The summed E-state index contributed by atoms with van der Waals surface area (Å²) in [5.41, 5.74) is 3.62.